The van der Waals surface area contributed by atoms with Crippen molar-refractivity contribution in [2.24, 2.45) is 5.92 Å². The average Bonchev–Trinajstić information content (AvgIpc) is 3.35. The number of hydrogen-bond acceptors (Lipinski definition) is 6. The maximum atomic E-state index is 12.8. The zero-order chi connectivity index (χ0) is 21.6. The summed E-state index contributed by atoms with van der Waals surface area (Å²) in [7, 11) is -3.77. The van der Waals surface area contributed by atoms with Gasteiger partial charge in [0.1, 0.15) is 0 Å². The Bertz CT molecular complexity index is 1260. The fraction of sp³-hybridized carbons (Fsp3) is 0.318. The number of carbonyl (C=O) groups is 1. The van der Waals surface area contributed by atoms with Crippen LogP contribution in [0.25, 0.3) is 11.4 Å². The van der Waals surface area contributed by atoms with Gasteiger partial charge in [-0.25, -0.2) is 13.1 Å². The average molecular weight is 439 g/mol. The first-order valence-corrected chi connectivity index (χ1v) is 11.7. The van der Waals surface area contributed by atoms with E-state index in [0.29, 0.717) is 18.8 Å². The number of sulfonamides is 1. The molecule has 2 aliphatic rings. The summed E-state index contributed by atoms with van der Waals surface area (Å²) in [6, 6.07) is 12.6. The van der Waals surface area contributed by atoms with Crippen LogP contribution in [0.1, 0.15) is 29.9 Å². The summed E-state index contributed by atoms with van der Waals surface area (Å²) in [5.41, 5.74) is 3.56. The van der Waals surface area contributed by atoms with Crippen LogP contribution in [0.5, 0.6) is 0 Å². The summed E-state index contributed by atoms with van der Waals surface area (Å²) in [6.45, 7) is 2.46. The number of carbonyl (C=O) groups excluding carboxylic acids is 1. The van der Waals surface area contributed by atoms with E-state index in [0.717, 1.165) is 35.2 Å². The van der Waals surface area contributed by atoms with E-state index in [4.69, 9.17) is 4.52 Å². The molecule has 1 aromatic heterocycles. The molecule has 9 heteroatoms. The van der Waals surface area contributed by atoms with E-state index in [1.807, 2.05) is 31.2 Å². The summed E-state index contributed by atoms with van der Waals surface area (Å²) in [5.74, 6) is 0.877. The number of aryl methyl sites for hydroxylation is 1. The van der Waals surface area contributed by atoms with Crippen molar-refractivity contribution in [1.82, 2.24) is 14.9 Å². The molecular formula is C22H22N4O4S. The maximum absolute atomic E-state index is 12.8. The highest BCUT2D eigenvalue weighted by Crippen LogP contribution is 2.37. The molecule has 0 unspecified atom stereocenters. The number of nitrogens with one attached hydrogen (secondary N) is 1. The van der Waals surface area contributed by atoms with Gasteiger partial charge in [0.2, 0.25) is 27.6 Å². The van der Waals surface area contributed by atoms with Gasteiger partial charge < -0.3 is 9.42 Å². The quantitative estimate of drug-likeness (QED) is 0.634. The van der Waals surface area contributed by atoms with E-state index in [1.54, 1.807) is 17.0 Å². The minimum atomic E-state index is -3.77. The number of aromatic nitrogens is 2. The van der Waals surface area contributed by atoms with Crippen LogP contribution in [0, 0.1) is 12.8 Å². The predicted molar refractivity (Wildman–Crippen MR) is 114 cm³/mol. The molecule has 0 spiro atoms. The van der Waals surface area contributed by atoms with Crippen LogP contribution in [0.2, 0.25) is 0 Å². The van der Waals surface area contributed by atoms with E-state index in [9.17, 15) is 13.2 Å². The number of rotatable bonds is 6. The lowest BCUT2D eigenvalue weighted by Gasteiger charge is -2.17. The van der Waals surface area contributed by atoms with Gasteiger partial charge in [0, 0.05) is 23.7 Å². The lowest BCUT2D eigenvalue weighted by molar-refractivity contribution is -0.119. The zero-order valence-electron chi connectivity index (χ0n) is 17.0. The van der Waals surface area contributed by atoms with E-state index < -0.39 is 10.0 Å². The lowest BCUT2D eigenvalue weighted by Crippen LogP contribution is -2.30. The second-order valence-electron chi connectivity index (χ2n) is 8.01. The molecule has 1 aliphatic carbocycles. The second-order valence-corrected chi connectivity index (χ2v) is 9.78. The molecule has 31 heavy (non-hydrogen) atoms. The Morgan fingerprint density at radius 2 is 2.06 bits per heavy atom. The van der Waals surface area contributed by atoms with Crippen molar-refractivity contribution in [2.75, 3.05) is 11.4 Å². The molecule has 0 atom stereocenters. The van der Waals surface area contributed by atoms with Crippen molar-refractivity contribution in [3.8, 4) is 11.4 Å². The molecule has 0 radical (unpaired) electrons. The van der Waals surface area contributed by atoms with E-state index in [1.165, 1.54) is 6.07 Å². The molecule has 1 saturated carbocycles. The fourth-order valence-electron chi connectivity index (χ4n) is 3.79. The molecule has 2 aromatic carbocycles. The number of anilines is 1. The third kappa shape index (κ3) is 3.98. The van der Waals surface area contributed by atoms with Gasteiger partial charge in [0.25, 0.3) is 0 Å². The molecule has 0 bridgehead atoms. The minimum absolute atomic E-state index is 0.107. The van der Waals surface area contributed by atoms with Gasteiger partial charge in [0.15, 0.2) is 0 Å². The van der Waals surface area contributed by atoms with Crippen molar-refractivity contribution < 1.29 is 17.7 Å². The monoisotopic (exact) mass is 438 g/mol. The van der Waals surface area contributed by atoms with Crippen LogP contribution in [0.15, 0.2) is 51.9 Å². The number of hydrogen-bond donors (Lipinski definition) is 1. The van der Waals surface area contributed by atoms with Gasteiger partial charge in [-0.2, -0.15) is 4.98 Å². The molecule has 1 fully saturated rings. The highest BCUT2D eigenvalue weighted by Gasteiger charge is 2.36. The Kier molecular flexibility index (Phi) is 4.86. The number of fused-ring (bicyclic) bond motifs is 1. The van der Waals surface area contributed by atoms with E-state index >= 15 is 0 Å². The van der Waals surface area contributed by atoms with Crippen molar-refractivity contribution >= 4 is 21.6 Å². The number of benzene rings is 2. The molecule has 5 rings (SSSR count). The molecule has 0 saturated heterocycles. The standard InChI is InChI=1S/C22H22N4O4S/c1-14-3-2-4-17(11-14)21-24-20(30-25-21)13-23-31(28,29)18-7-8-19-16(12-18)9-10-26(19)22(27)15-5-6-15/h2-4,7-8,11-12,15,23H,5-6,9-10,13H2,1H3. The summed E-state index contributed by atoms with van der Waals surface area (Å²) in [6.07, 6.45) is 2.55. The third-order valence-electron chi connectivity index (χ3n) is 5.61. The minimum Gasteiger partial charge on any atom is -0.338 e. The molecule has 2 heterocycles. The zero-order valence-corrected chi connectivity index (χ0v) is 17.9. The summed E-state index contributed by atoms with van der Waals surface area (Å²) >= 11 is 0. The van der Waals surface area contributed by atoms with Crippen LogP contribution in [0.4, 0.5) is 5.69 Å². The SMILES string of the molecule is Cc1cccc(-c2noc(CNS(=O)(=O)c3ccc4c(c3)CCN4C(=O)C3CC3)n2)c1. The van der Waals surface area contributed by atoms with Crippen LogP contribution in [-0.2, 0) is 27.8 Å². The van der Waals surface area contributed by atoms with Crippen molar-refractivity contribution in [2.45, 2.75) is 37.6 Å². The molecule has 8 nitrogen and oxygen atoms in total. The first-order valence-electron chi connectivity index (χ1n) is 10.2. The summed E-state index contributed by atoms with van der Waals surface area (Å²) in [5, 5.41) is 3.93. The van der Waals surface area contributed by atoms with Crippen molar-refractivity contribution in [3.05, 3.63) is 59.5 Å². The topological polar surface area (TPSA) is 105 Å². The summed E-state index contributed by atoms with van der Waals surface area (Å²) < 4.78 is 33.3. The van der Waals surface area contributed by atoms with Crippen LogP contribution in [-0.4, -0.2) is 31.0 Å². The molecule has 1 amide bonds. The first kappa shape index (κ1) is 19.9. The molecule has 160 valence electrons. The predicted octanol–water partition coefficient (Wildman–Crippen LogP) is 2.82. The van der Waals surface area contributed by atoms with Crippen molar-refractivity contribution in [1.29, 1.82) is 0 Å². The van der Waals surface area contributed by atoms with Crippen LogP contribution < -0.4 is 9.62 Å². The fourth-order valence-corrected chi connectivity index (χ4v) is 4.82. The van der Waals surface area contributed by atoms with Gasteiger partial charge in [0.05, 0.1) is 11.4 Å². The number of nitrogens with zero attached hydrogens (tertiary/aromatic N) is 3. The highest BCUT2D eigenvalue weighted by molar-refractivity contribution is 7.89. The van der Waals surface area contributed by atoms with Gasteiger partial charge in [-0.3, -0.25) is 4.79 Å². The number of amides is 1. The molecule has 1 aliphatic heterocycles. The maximum Gasteiger partial charge on any atom is 0.242 e. The Morgan fingerprint density at radius 1 is 1.23 bits per heavy atom. The Labute approximate surface area is 180 Å². The van der Waals surface area contributed by atoms with Gasteiger partial charge in [-0.15, -0.1) is 0 Å². The van der Waals surface area contributed by atoms with Gasteiger partial charge in [-0.1, -0.05) is 28.9 Å². The van der Waals surface area contributed by atoms with Gasteiger partial charge in [-0.05, 0) is 56.0 Å². The summed E-state index contributed by atoms with van der Waals surface area (Å²) in [4.78, 5) is 18.6. The largest absolute Gasteiger partial charge is 0.338 e. The second kappa shape index (κ2) is 7.58. The van der Waals surface area contributed by atoms with Crippen LogP contribution >= 0.6 is 0 Å². The van der Waals surface area contributed by atoms with Crippen LogP contribution in [0.3, 0.4) is 0 Å². The molecule has 3 aromatic rings. The van der Waals surface area contributed by atoms with E-state index in [2.05, 4.69) is 14.9 Å². The molecule has 1 N–H and O–H groups in total. The first-order chi connectivity index (χ1) is 14.9. The lowest BCUT2D eigenvalue weighted by atomic mass is 10.1. The van der Waals surface area contributed by atoms with Crippen molar-refractivity contribution in [3.63, 3.8) is 0 Å². The normalized spacial score (nSPS) is 15.8. The Hall–Kier alpha value is -3.04. The highest BCUT2D eigenvalue weighted by atomic mass is 32.2. The Balaban J connectivity index is 1.29. The Morgan fingerprint density at radius 3 is 2.84 bits per heavy atom. The molecular weight excluding hydrogens is 416 g/mol. The van der Waals surface area contributed by atoms with E-state index in [-0.39, 0.29) is 29.2 Å². The third-order valence-corrected chi connectivity index (χ3v) is 7.01. The smallest absolute Gasteiger partial charge is 0.242 e. The van der Waals surface area contributed by atoms with Gasteiger partial charge >= 0.3 is 0 Å².